The minimum Gasteiger partial charge on any atom is -0.457 e. The van der Waals surface area contributed by atoms with Gasteiger partial charge in [-0.05, 0) is 54.6 Å². The molecule has 0 aliphatic heterocycles. The molecule has 0 aliphatic carbocycles. The van der Waals surface area contributed by atoms with Gasteiger partial charge in [-0.15, -0.1) is 0 Å². The molecular weight excluding hydrogens is 411 g/mol. The van der Waals surface area contributed by atoms with Gasteiger partial charge in [0, 0.05) is 22.8 Å². The van der Waals surface area contributed by atoms with E-state index in [4.69, 9.17) is 27.9 Å². The van der Waals surface area contributed by atoms with Crippen LogP contribution in [0, 0.1) is 10.1 Å². The summed E-state index contributed by atoms with van der Waals surface area (Å²) in [4.78, 5) is 10.6. The van der Waals surface area contributed by atoms with E-state index < -0.39 is 15.9 Å². The predicted octanol–water partition coefficient (Wildman–Crippen LogP) is 5.83. The number of nitro benzene ring substituents is 1. The molecule has 0 aromatic heterocycles. The van der Waals surface area contributed by atoms with Gasteiger partial charge in [0.2, 0.25) is 0 Å². The van der Waals surface area contributed by atoms with E-state index in [1.54, 1.807) is 42.5 Å². The van der Waals surface area contributed by atoms with Gasteiger partial charge >= 0.3 is 0 Å². The van der Waals surface area contributed by atoms with Crippen molar-refractivity contribution in [3.8, 4) is 11.5 Å². The summed E-state index contributed by atoms with van der Waals surface area (Å²) in [6.45, 7) is 0. The molecule has 3 aromatic rings. The summed E-state index contributed by atoms with van der Waals surface area (Å²) in [6, 6.07) is 17.2. The van der Waals surface area contributed by atoms with E-state index in [1.165, 1.54) is 24.3 Å². The molecule has 9 heteroatoms. The molecule has 27 heavy (non-hydrogen) atoms. The first kappa shape index (κ1) is 19.2. The van der Waals surface area contributed by atoms with Crippen molar-refractivity contribution in [3.05, 3.63) is 86.9 Å². The van der Waals surface area contributed by atoms with E-state index in [9.17, 15) is 14.3 Å². The lowest BCUT2D eigenvalue weighted by Crippen LogP contribution is -2.05. The van der Waals surface area contributed by atoms with Crippen LogP contribution in [0.2, 0.25) is 10.0 Å². The summed E-state index contributed by atoms with van der Waals surface area (Å²) >= 11 is 12.0. The van der Waals surface area contributed by atoms with Gasteiger partial charge in [-0.2, -0.15) is 0 Å². The molecule has 0 bridgehead atoms. The number of halogens is 2. The third-order valence-electron chi connectivity index (χ3n) is 3.44. The van der Waals surface area contributed by atoms with Crippen LogP contribution in [0.4, 0.5) is 11.4 Å². The number of nitro groups is 1. The van der Waals surface area contributed by atoms with Crippen molar-refractivity contribution in [2.75, 3.05) is 4.72 Å². The third-order valence-corrected chi connectivity index (χ3v) is 5.28. The predicted molar refractivity (Wildman–Crippen MR) is 106 cm³/mol. The number of non-ortho nitro benzene ring substituents is 1. The molecule has 0 radical (unpaired) electrons. The summed E-state index contributed by atoms with van der Waals surface area (Å²) < 4.78 is 20.9. The SMILES string of the molecule is O=[N+]([O-])c1ccc(Oc2ccc(NS(=O)c3cc(Cl)ccc3Cl)cc2)cc1. The highest BCUT2D eigenvalue weighted by molar-refractivity contribution is 7.86. The Morgan fingerprint density at radius 3 is 2.11 bits per heavy atom. The zero-order valence-corrected chi connectivity index (χ0v) is 15.9. The highest BCUT2D eigenvalue weighted by Gasteiger charge is 2.10. The van der Waals surface area contributed by atoms with Crippen molar-refractivity contribution in [3.63, 3.8) is 0 Å². The van der Waals surface area contributed by atoms with Crippen LogP contribution in [0.1, 0.15) is 0 Å². The van der Waals surface area contributed by atoms with Gasteiger partial charge in [0.05, 0.1) is 14.8 Å². The minimum absolute atomic E-state index is 0.0101. The number of hydrogen-bond acceptors (Lipinski definition) is 4. The minimum atomic E-state index is -1.58. The van der Waals surface area contributed by atoms with E-state index in [0.29, 0.717) is 32.1 Å². The first-order valence-corrected chi connectivity index (χ1v) is 9.49. The van der Waals surface area contributed by atoms with Crippen LogP contribution in [-0.4, -0.2) is 9.13 Å². The van der Waals surface area contributed by atoms with Gasteiger partial charge < -0.3 is 9.46 Å². The zero-order chi connectivity index (χ0) is 19.4. The number of hydrogen-bond donors (Lipinski definition) is 1. The molecule has 0 fully saturated rings. The summed E-state index contributed by atoms with van der Waals surface area (Å²) in [5, 5.41) is 11.4. The fourth-order valence-electron chi connectivity index (χ4n) is 2.14. The van der Waals surface area contributed by atoms with Crippen molar-refractivity contribution in [2.24, 2.45) is 0 Å². The lowest BCUT2D eigenvalue weighted by Gasteiger charge is -2.09. The lowest BCUT2D eigenvalue weighted by atomic mass is 10.3. The van der Waals surface area contributed by atoms with Gasteiger partial charge in [-0.3, -0.25) is 10.1 Å². The van der Waals surface area contributed by atoms with Crippen molar-refractivity contribution in [1.29, 1.82) is 0 Å². The second-order valence-electron chi connectivity index (χ2n) is 5.32. The summed E-state index contributed by atoms with van der Waals surface area (Å²) in [7, 11) is -1.58. The fraction of sp³-hybridized carbons (Fsp3) is 0. The van der Waals surface area contributed by atoms with Crippen molar-refractivity contribution < 1.29 is 13.9 Å². The Morgan fingerprint density at radius 1 is 0.926 bits per heavy atom. The molecule has 0 saturated heterocycles. The molecule has 0 spiro atoms. The largest absolute Gasteiger partial charge is 0.457 e. The van der Waals surface area contributed by atoms with Crippen LogP contribution in [0.25, 0.3) is 0 Å². The van der Waals surface area contributed by atoms with Crippen LogP contribution in [0.3, 0.4) is 0 Å². The smallest absolute Gasteiger partial charge is 0.269 e. The Morgan fingerprint density at radius 2 is 1.52 bits per heavy atom. The van der Waals surface area contributed by atoms with Gasteiger partial charge in [0.1, 0.15) is 11.5 Å². The van der Waals surface area contributed by atoms with Crippen LogP contribution in [0.15, 0.2) is 71.6 Å². The van der Waals surface area contributed by atoms with E-state index in [1.807, 2.05) is 0 Å². The number of benzene rings is 3. The van der Waals surface area contributed by atoms with Crippen molar-refractivity contribution in [2.45, 2.75) is 4.90 Å². The molecule has 0 amide bonds. The first-order valence-electron chi connectivity index (χ1n) is 7.58. The highest BCUT2D eigenvalue weighted by atomic mass is 35.5. The maximum atomic E-state index is 12.4. The quantitative estimate of drug-likeness (QED) is 0.400. The summed E-state index contributed by atoms with van der Waals surface area (Å²) in [5.41, 5.74) is 0.587. The molecule has 3 rings (SSSR count). The molecular formula is C18H12Cl2N2O4S. The Labute approximate surface area is 167 Å². The number of rotatable bonds is 6. The van der Waals surface area contributed by atoms with Crippen molar-refractivity contribution >= 4 is 45.6 Å². The Bertz CT molecular complexity index is 995. The molecule has 1 unspecified atom stereocenters. The van der Waals surface area contributed by atoms with Crippen LogP contribution in [0.5, 0.6) is 11.5 Å². The molecule has 6 nitrogen and oxygen atoms in total. The molecule has 1 N–H and O–H groups in total. The molecule has 0 heterocycles. The average Bonchev–Trinajstić information content (AvgIpc) is 2.65. The number of nitrogens with zero attached hydrogens (tertiary/aromatic N) is 1. The Hall–Kier alpha value is -2.61. The zero-order valence-electron chi connectivity index (χ0n) is 13.6. The van der Waals surface area contributed by atoms with Crippen LogP contribution < -0.4 is 9.46 Å². The van der Waals surface area contributed by atoms with Crippen LogP contribution in [-0.2, 0) is 11.0 Å². The first-order chi connectivity index (χ1) is 12.9. The van der Waals surface area contributed by atoms with Crippen LogP contribution >= 0.6 is 23.2 Å². The highest BCUT2D eigenvalue weighted by Crippen LogP contribution is 2.27. The molecule has 3 aromatic carbocycles. The molecule has 0 aliphatic rings. The number of nitrogens with one attached hydrogen (secondary N) is 1. The van der Waals surface area contributed by atoms with E-state index in [-0.39, 0.29) is 5.69 Å². The Balaban J connectivity index is 1.67. The van der Waals surface area contributed by atoms with E-state index in [2.05, 4.69) is 4.72 Å². The molecule has 138 valence electrons. The summed E-state index contributed by atoms with van der Waals surface area (Å²) in [6.07, 6.45) is 0. The number of anilines is 1. The van der Waals surface area contributed by atoms with Gasteiger partial charge in [0.15, 0.2) is 11.0 Å². The van der Waals surface area contributed by atoms with Gasteiger partial charge in [-0.1, -0.05) is 23.2 Å². The second-order valence-corrected chi connectivity index (χ2v) is 7.35. The van der Waals surface area contributed by atoms with Crippen molar-refractivity contribution in [1.82, 2.24) is 0 Å². The second kappa shape index (κ2) is 8.39. The Kier molecular flexibility index (Phi) is 5.95. The fourth-order valence-corrected chi connectivity index (χ4v) is 3.65. The molecule has 1 atom stereocenters. The van der Waals surface area contributed by atoms with E-state index >= 15 is 0 Å². The van der Waals surface area contributed by atoms with Gasteiger partial charge in [0.25, 0.3) is 5.69 Å². The monoisotopic (exact) mass is 422 g/mol. The number of ether oxygens (including phenoxy) is 1. The third kappa shape index (κ3) is 4.97. The average molecular weight is 423 g/mol. The summed E-state index contributed by atoms with van der Waals surface area (Å²) in [5.74, 6) is 0.997. The van der Waals surface area contributed by atoms with E-state index in [0.717, 1.165) is 0 Å². The standard InChI is InChI=1S/C18H12Cl2N2O4S/c19-12-1-10-17(20)18(11-12)27(25)21-13-2-6-15(7-3-13)26-16-8-4-14(5-9-16)22(23)24/h1-11,21H. The van der Waals surface area contributed by atoms with Gasteiger partial charge in [-0.25, -0.2) is 4.21 Å². The maximum Gasteiger partial charge on any atom is 0.269 e. The lowest BCUT2D eigenvalue weighted by molar-refractivity contribution is -0.384. The maximum absolute atomic E-state index is 12.4. The normalized spacial score (nSPS) is 11.6. The molecule has 0 saturated carbocycles. The topological polar surface area (TPSA) is 81.5 Å².